The maximum Gasteiger partial charge on any atom is 0.321 e. The van der Waals surface area contributed by atoms with E-state index in [9.17, 15) is 9.59 Å². The lowest BCUT2D eigenvalue weighted by molar-refractivity contribution is -0.155. The fourth-order valence-electron chi connectivity index (χ4n) is 2.49. The summed E-state index contributed by atoms with van der Waals surface area (Å²) in [5, 5.41) is 0.337. The molecule has 0 amide bonds. The maximum atomic E-state index is 13.1. The average Bonchev–Trinajstić information content (AvgIpc) is 2.56. The second kappa shape index (κ2) is 9.70. The van der Waals surface area contributed by atoms with Crippen molar-refractivity contribution >= 4 is 32.5 Å². The van der Waals surface area contributed by atoms with Crippen LogP contribution in [0.5, 0.6) is 0 Å². The van der Waals surface area contributed by atoms with Crippen molar-refractivity contribution in [3.05, 3.63) is 70.2 Å². The molecule has 0 bridgehead atoms. The quantitative estimate of drug-likeness (QED) is 0.320. The number of rotatable bonds is 4. The van der Waals surface area contributed by atoms with Gasteiger partial charge >= 0.3 is 5.97 Å². The summed E-state index contributed by atoms with van der Waals surface area (Å²) >= 11 is 6.22. The molecular weight excluding hydrogens is 371 g/mol. The van der Waals surface area contributed by atoms with Crippen molar-refractivity contribution in [2.24, 2.45) is 0 Å². The highest BCUT2D eigenvalue weighted by Gasteiger charge is 2.34. The normalized spacial score (nSPS) is 11.9. The number of carbonyl (C=O) groups is 2. The van der Waals surface area contributed by atoms with Crippen molar-refractivity contribution in [3.63, 3.8) is 0 Å². The van der Waals surface area contributed by atoms with E-state index in [0.29, 0.717) is 25.3 Å². The number of carbonyl (C=O) groups excluding carboxylic acids is 2. The molecule has 0 heterocycles. The van der Waals surface area contributed by atoms with Crippen molar-refractivity contribution in [3.8, 4) is 0 Å². The smallest absolute Gasteiger partial charge is 0.321 e. The first kappa shape index (κ1) is 22.1. The first-order valence-electron chi connectivity index (χ1n) is 8.06. The van der Waals surface area contributed by atoms with Crippen LogP contribution in [0, 0.1) is 6.92 Å². The Morgan fingerprint density at radius 3 is 2.08 bits per heavy atom. The van der Waals surface area contributed by atoms with Crippen LogP contribution >= 0.6 is 20.7 Å². The number of aryl methyl sites for hydroxylation is 1. The van der Waals surface area contributed by atoms with E-state index in [2.05, 4.69) is 0 Å². The molecule has 2 unspecified atom stereocenters. The van der Waals surface area contributed by atoms with Gasteiger partial charge in [0.2, 0.25) is 0 Å². The third kappa shape index (κ3) is 5.82. The predicted octanol–water partition coefficient (Wildman–Crippen LogP) is 4.90. The maximum absolute atomic E-state index is 13.1. The number of halogens is 1. The minimum Gasteiger partial charge on any atom is -0.459 e. The molecule has 0 radical (unpaired) electrons. The number of benzene rings is 2. The molecule has 4 nitrogen and oxygen atoms in total. The van der Waals surface area contributed by atoms with Gasteiger partial charge in [0, 0.05) is 5.56 Å². The zero-order valence-electron chi connectivity index (χ0n) is 15.4. The molecule has 2 aromatic rings. The van der Waals surface area contributed by atoms with E-state index in [4.69, 9.17) is 20.9 Å². The topological polar surface area (TPSA) is 60.4 Å². The van der Waals surface area contributed by atoms with Crippen LogP contribution in [0.15, 0.2) is 48.5 Å². The Labute approximate surface area is 161 Å². The van der Waals surface area contributed by atoms with Crippen molar-refractivity contribution in [1.82, 2.24) is 0 Å². The molecule has 0 aliphatic heterocycles. The van der Waals surface area contributed by atoms with Gasteiger partial charge in [-0.25, -0.2) is 0 Å². The molecule has 0 fully saturated rings. The Hall–Kier alpha value is -1.90. The lowest BCUT2D eigenvalue weighted by Crippen LogP contribution is -2.32. The standard InChI is InChI=1S/C20H21ClO3.H3OP/c1-13-9-8-12-15(21)16(13)18(22)17(14-10-6-5-7-11-14)19(23)24-20(2,3)4;1-2/h5-12,17H,1-4H3;2H3. The van der Waals surface area contributed by atoms with Gasteiger partial charge in [0.05, 0.1) is 14.1 Å². The Morgan fingerprint density at radius 1 is 1.00 bits per heavy atom. The summed E-state index contributed by atoms with van der Waals surface area (Å²) in [6, 6.07) is 14.1. The van der Waals surface area contributed by atoms with E-state index in [0.717, 1.165) is 5.56 Å². The highest BCUT2D eigenvalue weighted by atomic mass is 35.5. The largest absolute Gasteiger partial charge is 0.459 e. The molecule has 0 N–H and O–H groups in total. The molecule has 0 saturated carbocycles. The average molecular weight is 395 g/mol. The fourth-order valence-corrected chi connectivity index (χ4v) is 2.80. The summed E-state index contributed by atoms with van der Waals surface area (Å²) in [6.07, 6.45) is 0. The number of hydrogen-bond acceptors (Lipinski definition) is 4. The van der Waals surface area contributed by atoms with Gasteiger partial charge in [-0.15, -0.1) is 0 Å². The zero-order valence-corrected chi connectivity index (χ0v) is 17.6. The third-order valence-corrected chi connectivity index (χ3v) is 3.82. The summed E-state index contributed by atoms with van der Waals surface area (Å²) in [5.41, 5.74) is 1.01. The molecule has 0 aliphatic carbocycles. The number of esters is 1. The summed E-state index contributed by atoms with van der Waals surface area (Å²) in [4.78, 5) is 25.8. The first-order valence-corrected chi connectivity index (χ1v) is 9.02. The zero-order chi connectivity index (χ0) is 19.9. The van der Waals surface area contributed by atoms with Crippen molar-refractivity contribution < 1.29 is 18.9 Å². The van der Waals surface area contributed by atoms with Crippen LogP contribution in [-0.4, -0.2) is 17.4 Å². The molecule has 2 rings (SSSR count). The second-order valence-electron chi connectivity index (χ2n) is 6.67. The van der Waals surface area contributed by atoms with E-state index < -0.39 is 17.5 Å². The first-order chi connectivity index (χ1) is 12.2. The van der Waals surface area contributed by atoms with E-state index in [1.165, 1.54) is 0 Å². The summed E-state index contributed by atoms with van der Waals surface area (Å²) in [7, 11) is 0.611. The highest BCUT2D eigenvalue weighted by Crippen LogP contribution is 2.29. The van der Waals surface area contributed by atoms with E-state index in [-0.39, 0.29) is 5.78 Å². The van der Waals surface area contributed by atoms with Gasteiger partial charge in [-0.1, -0.05) is 54.1 Å². The number of Topliss-reactive ketones (excluding diaryl/α,β-unsaturated/α-hetero) is 1. The SMILES string of the molecule is Cc1cccc(Cl)c1C(=O)C(C(=O)OC(C)(C)C)c1ccccc1.O=[PH3]. The van der Waals surface area contributed by atoms with Crippen LogP contribution in [0.3, 0.4) is 0 Å². The molecule has 140 valence electrons. The summed E-state index contributed by atoms with van der Waals surface area (Å²) in [6.45, 7) is 7.13. The van der Waals surface area contributed by atoms with Crippen LogP contribution in [0.2, 0.25) is 5.02 Å². The van der Waals surface area contributed by atoms with Crippen LogP contribution in [-0.2, 0) is 14.1 Å². The van der Waals surface area contributed by atoms with Gasteiger partial charge < -0.3 is 9.30 Å². The molecule has 0 spiro atoms. The van der Waals surface area contributed by atoms with Crippen LogP contribution in [0.4, 0.5) is 0 Å². The van der Waals surface area contributed by atoms with Crippen molar-refractivity contribution in [2.45, 2.75) is 39.2 Å². The number of hydrogen-bond donors (Lipinski definition) is 0. The number of ether oxygens (including phenoxy) is 1. The fraction of sp³-hybridized carbons (Fsp3) is 0.300. The lowest BCUT2D eigenvalue weighted by atomic mass is 9.88. The van der Waals surface area contributed by atoms with Gasteiger partial charge in [-0.2, -0.15) is 0 Å². The molecular formula is C20H24ClO4P. The van der Waals surface area contributed by atoms with Gasteiger partial charge in [-0.05, 0) is 44.9 Å². The van der Waals surface area contributed by atoms with Gasteiger partial charge in [0.1, 0.15) is 11.5 Å². The van der Waals surface area contributed by atoms with Gasteiger partial charge in [-0.3, -0.25) is 9.59 Å². The van der Waals surface area contributed by atoms with Crippen LogP contribution < -0.4 is 0 Å². The molecule has 2 aromatic carbocycles. The molecule has 0 aromatic heterocycles. The van der Waals surface area contributed by atoms with E-state index in [1.807, 2.05) is 6.07 Å². The number of ketones is 1. The monoisotopic (exact) mass is 394 g/mol. The van der Waals surface area contributed by atoms with Crippen LogP contribution in [0.1, 0.15) is 48.2 Å². The minimum atomic E-state index is -1.04. The second-order valence-corrected chi connectivity index (χ2v) is 7.08. The van der Waals surface area contributed by atoms with Crippen molar-refractivity contribution in [2.75, 3.05) is 0 Å². The minimum absolute atomic E-state index is 0.337. The molecule has 2 atom stereocenters. The summed E-state index contributed by atoms with van der Waals surface area (Å²) in [5.74, 6) is -1.96. The molecule has 0 saturated heterocycles. The summed E-state index contributed by atoms with van der Waals surface area (Å²) < 4.78 is 13.8. The molecule has 6 heteroatoms. The van der Waals surface area contributed by atoms with Crippen molar-refractivity contribution in [1.29, 1.82) is 0 Å². The Balaban J connectivity index is 0.00000163. The Morgan fingerprint density at radius 2 is 1.58 bits per heavy atom. The van der Waals surface area contributed by atoms with Crippen LogP contribution in [0.25, 0.3) is 0 Å². The molecule has 26 heavy (non-hydrogen) atoms. The highest BCUT2D eigenvalue weighted by molar-refractivity contribution is 7.00. The lowest BCUT2D eigenvalue weighted by Gasteiger charge is -2.24. The Kier molecular flexibility index (Phi) is 8.26. The predicted molar refractivity (Wildman–Crippen MR) is 107 cm³/mol. The van der Waals surface area contributed by atoms with Gasteiger partial charge in [0.15, 0.2) is 5.78 Å². The third-order valence-electron chi connectivity index (χ3n) is 3.51. The molecule has 0 aliphatic rings. The van der Waals surface area contributed by atoms with E-state index >= 15 is 0 Å². The van der Waals surface area contributed by atoms with Gasteiger partial charge in [0.25, 0.3) is 0 Å². The van der Waals surface area contributed by atoms with E-state index in [1.54, 1.807) is 70.2 Å². The Bertz CT molecular complexity index is 749.